The van der Waals surface area contributed by atoms with E-state index in [-0.39, 0.29) is 10.9 Å². The van der Waals surface area contributed by atoms with Gasteiger partial charge in [-0.2, -0.15) is 5.26 Å². The van der Waals surface area contributed by atoms with Crippen molar-refractivity contribution in [1.29, 1.82) is 5.26 Å². The molecule has 0 fully saturated rings. The van der Waals surface area contributed by atoms with Gasteiger partial charge in [-0.05, 0) is 24.2 Å². The second-order valence-corrected chi connectivity index (χ2v) is 11.5. The van der Waals surface area contributed by atoms with E-state index in [9.17, 15) is 0 Å². The summed E-state index contributed by atoms with van der Waals surface area (Å²) >= 11 is 5.70. The molecule has 0 spiro atoms. The van der Waals surface area contributed by atoms with Crippen LogP contribution >= 0.6 is 11.6 Å². The third-order valence-electron chi connectivity index (χ3n) is 3.79. The third kappa shape index (κ3) is 4.99. The molecule has 0 aliphatic rings. The van der Waals surface area contributed by atoms with Crippen LogP contribution in [0.3, 0.4) is 0 Å². The Morgan fingerprint density at radius 1 is 1.33 bits per heavy atom. The van der Waals surface area contributed by atoms with Crippen LogP contribution < -0.4 is 4.74 Å². The van der Waals surface area contributed by atoms with E-state index >= 15 is 0 Å². The number of rotatable bonds is 6. The molecule has 4 nitrogen and oxygen atoms in total. The van der Waals surface area contributed by atoms with E-state index in [2.05, 4.69) is 44.9 Å². The van der Waals surface area contributed by atoms with E-state index in [1.54, 1.807) is 12.3 Å². The first kappa shape index (κ1) is 18.0. The summed E-state index contributed by atoms with van der Waals surface area (Å²) in [7, 11) is -1.76. The highest BCUT2D eigenvalue weighted by Gasteiger charge is 2.36. The molecule has 0 aliphatic carbocycles. The number of hydrogen-bond acceptors (Lipinski definition) is 4. The van der Waals surface area contributed by atoms with Crippen LogP contribution in [0, 0.1) is 11.3 Å². The Bertz CT molecular complexity index is 521. The van der Waals surface area contributed by atoms with Crippen molar-refractivity contribution in [2.45, 2.75) is 44.8 Å². The van der Waals surface area contributed by atoms with Gasteiger partial charge in [0.2, 0.25) is 0 Å². The molecule has 1 aromatic rings. The molecule has 0 amide bonds. The molecule has 0 saturated heterocycles. The minimum atomic E-state index is -1.76. The lowest BCUT2D eigenvalue weighted by molar-refractivity contribution is 0.203. The van der Waals surface area contributed by atoms with Crippen molar-refractivity contribution < 1.29 is 9.16 Å². The highest BCUT2D eigenvalue weighted by atomic mass is 35.5. The van der Waals surface area contributed by atoms with Gasteiger partial charge in [-0.25, -0.2) is 0 Å². The van der Waals surface area contributed by atoms with Crippen LogP contribution in [-0.4, -0.2) is 26.5 Å². The van der Waals surface area contributed by atoms with Crippen molar-refractivity contribution in [3.05, 3.63) is 23.5 Å². The fourth-order valence-electron chi connectivity index (χ4n) is 1.43. The first-order chi connectivity index (χ1) is 9.71. The number of nitrogens with zero attached hydrogens (tertiary/aromatic N) is 2. The molecule has 21 heavy (non-hydrogen) atoms. The number of halogens is 1. The molecule has 116 valence electrons. The summed E-state index contributed by atoms with van der Waals surface area (Å²) in [6.07, 6.45) is 1.54. The zero-order valence-corrected chi connectivity index (χ0v) is 15.1. The molecule has 0 aliphatic heterocycles. The summed E-state index contributed by atoms with van der Waals surface area (Å²) in [6, 6.07) is 3.75. The van der Waals surface area contributed by atoms with Gasteiger partial charge in [-0.1, -0.05) is 20.8 Å². The van der Waals surface area contributed by atoms with Gasteiger partial charge in [0.05, 0.1) is 29.9 Å². The lowest BCUT2D eigenvalue weighted by Gasteiger charge is -2.36. The van der Waals surface area contributed by atoms with Gasteiger partial charge in [-0.3, -0.25) is 4.98 Å². The Kier molecular flexibility index (Phi) is 6.20. The van der Waals surface area contributed by atoms with E-state index in [0.29, 0.717) is 30.2 Å². The van der Waals surface area contributed by atoms with E-state index < -0.39 is 8.32 Å². The van der Waals surface area contributed by atoms with Gasteiger partial charge in [-0.15, -0.1) is 11.6 Å². The standard InChI is InChI=1S/C15H23ClN2O2Si/c1-15(2,3)21(4,5)20-7-6-19-14-11-18-13(9-16)8-12(14)10-17/h8,11H,6-7,9H2,1-5H3. The molecule has 0 atom stereocenters. The molecule has 0 aromatic carbocycles. The molecule has 0 N–H and O–H groups in total. The van der Waals surface area contributed by atoms with Crippen molar-refractivity contribution in [2.24, 2.45) is 0 Å². The lowest BCUT2D eigenvalue weighted by atomic mass is 10.2. The maximum Gasteiger partial charge on any atom is 0.192 e. The highest BCUT2D eigenvalue weighted by molar-refractivity contribution is 6.74. The van der Waals surface area contributed by atoms with Crippen molar-refractivity contribution in [3.8, 4) is 11.8 Å². The Labute approximate surface area is 133 Å². The van der Waals surface area contributed by atoms with E-state index in [1.165, 1.54) is 0 Å². The lowest BCUT2D eigenvalue weighted by Crippen LogP contribution is -2.41. The molecule has 0 radical (unpaired) electrons. The predicted molar refractivity (Wildman–Crippen MR) is 87.2 cm³/mol. The topological polar surface area (TPSA) is 55.1 Å². The van der Waals surface area contributed by atoms with Crippen LogP contribution in [0.15, 0.2) is 12.3 Å². The normalized spacial score (nSPS) is 12.0. The minimum Gasteiger partial charge on any atom is -0.488 e. The fourth-order valence-corrected chi connectivity index (χ4v) is 2.60. The van der Waals surface area contributed by atoms with Crippen LogP contribution in [0.1, 0.15) is 32.0 Å². The fraction of sp³-hybridized carbons (Fsp3) is 0.600. The molecular formula is C15H23ClN2O2Si. The predicted octanol–water partition coefficient (Wildman–Crippen LogP) is 4.09. The average molecular weight is 327 g/mol. The number of ether oxygens (including phenoxy) is 1. The molecule has 1 aromatic heterocycles. The Morgan fingerprint density at radius 2 is 2.00 bits per heavy atom. The summed E-state index contributed by atoms with van der Waals surface area (Å²) in [5.41, 5.74) is 1.12. The van der Waals surface area contributed by atoms with Crippen LogP contribution in [0.25, 0.3) is 0 Å². The summed E-state index contributed by atoms with van der Waals surface area (Å²) < 4.78 is 11.6. The SMILES string of the molecule is CC(C)(C)[Si](C)(C)OCCOc1cnc(CCl)cc1C#N. The molecule has 1 heterocycles. The quantitative estimate of drug-likeness (QED) is 0.449. The number of hydrogen-bond donors (Lipinski definition) is 0. The van der Waals surface area contributed by atoms with E-state index in [0.717, 1.165) is 0 Å². The van der Waals surface area contributed by atoms with Crippen molar-refractivity contribution in [2.75, 3.05) is 13.2 Å². The molecule has 6 heteroatoms. The highest BCUT2D eigenvalue weighted by Crippen LogP contribution is 2.36. The second kappa shape index (κ2) is 7.26. The third-order valence-corrected chi connectivity index (χ3v) is 8.60. The monoisotopic (exact) mass is 326 g/mol. The zero-order chi connectivity index (χ0) is 16.1. The zero-order valence-electron chi connectivity index (χ0n) is 13.4. The Morgan fingerprint density at radius 3 is 2.52 bits per heavy atom. The van der Waals surface area contributed by atoms with Gasteiger partial charge in [0, 0.05) is 0 Å². The smallest absolute Gasteiger partial charge is 0.192 e. The van der Waals surface area contributed by atoms with Crippen LogP contribution in [0.2, 0.25) is 18.1 Å². The van der Waals surface area contributed by atoms with Gasteiger partial charge < -0.3 is 9.16 Å². The Balaban J connectivity index is 2.56. The second-order valence-electron chi connectivity index (χ2n) is 6.37. The number of nitriles is 1. The van der Waals surface area contributed by atoms with Crippen molar-refractivity contribution >= 4 is 19.9 Å². The van der Waals surface area contributed by atoms with E-state index in [1.807, 2.05) is 0 Å². The van der Waals surface area contributed by atoms with Crippen LogP contribution in [-0.2, 0) is 10.3 Å². The van der Waals surface area contributed by atoms with Gasteiger partial charge in [0.15, 0.2) is 14.1 Å². The average Bonchev–Trinajstić information content (AvgIpc) is 2.42. The van der Waals surface area contributed by atoms with Gasteiger partial charge in [0.1, 0.15) is 12.7 Å². The van der Waals surface area contributed by atoms with Crippen molar-refractivity contribution in [1.82, 2.24) is 4.98 Å². The molecule has 0 unspecified atom stereocenters. The first-order valence-corrected chi connectivity index (χ1v) is 10.4. The first-order valence-electron chi connectivity index (χ1n) is 6.93. The van der Waals surface area contributed by atoms with Crippen molar-refractivity contribution in [3.63, 3.8) is 0 Å². The molecule has 0 saturated carbocycles. The number of aromatic nitrogens is 1. The van der Waals surface area contributed by atoms with Crippen LogP contribution in [0.5, 0.6) is 5.75 Å². The molecular weight excluding hydrogens is 304 g/mol. The van der Waals surface area contributed by atoms with Gasteiger partial charge >= 0.3 is 0 Å². The van der Waals surface area contributed by atoms with Gasteiger partial charge in [0.25, 0.3) is 0 Å². The summed E-state index contributed by atoms with van der Waals surface area (Å²) in [5.74, 6) is 0.758. The van der Waals surface area contributed by atoms with E-state index in [4.69, 9.17) is 26.0 Å². The summed E-state index contributed by atoms with van der Waals surface area (Å²) in [4.78, 5) is 4.13. The Hall–Kier alpha value is -1.09. The summed E-state index contributed by atoms with van der Waals surface area (Å²) in [6.45, 7) is 11.9. The maximum absolute atomic E-state index is 9.11. The summed E-state index contributed by atoms with van der Waals surface area (Å²) in [5, 5.41) is 9.28. The minimum absolute atomic E-state index is 0.175. The number of alkyl halides is 1. The largest absolute Gasteiger partial charge is 0.488 e. The van der Waals surface area contributed by atoms with Crippen LogP contribution in [0.4, 0.5) is 0 Å². The number of pyridine rings is 1. The molecule has 1 rings (SSSR count). The maximum atomic E-state index is 9.11. The molecule has 0 bridgehead atoms.